The van der Waals surface area contributed by atoms with Crippen molar-refractivity contribution in [2.24, 2.45) is 0 Å². The summed E-state index contributed by atoms with van der Waals surface area (Å²) in [5.41, 5.74) is 0.563. The van der Waals surface area contributed by atoms with Crippen molar-refractivity contribution in [3.63, 3.8) is 0 Å². The molecule has 0 saturated carbocycles. The molecule has 3 rings (SSSR count). The maximum absolute atomic E-state index is 12.9. The van der Waals surface area contributed by atoms with Crippen LogP contribution in [0.1, 0.15) is 42.9 Å². The minimum Gasteiger partial charge on any atom is -0.507 e. The second kappa shape index (κ2) is 10.4. The van der Waals surface area contributed by atoms with Gasteiger partial charge in [0, 0.05) is 35.1 Å². The monoisotopic (exact) mass is 516 g/mol. The van der Waals surface area contributed by atoms with E-state index >= 15 is 0 Å². The van der Waals surface area contributed by atoms with Gasteiger partial charge in [-0.3, -0.25) is 24.5 Å². The number of unbranched alkanes of at least 4 members (excludes halogenated alkanes) is 2. The molecule has 1 saturated heterocycles. The molecule has 1 fully saturated rings. The maximum atomic E-state index is 12.9. The number of ketones is 1. The molecule has 1 atom stereocenters. The number of nitro groups is 1. The number of benzene rings is 2. The van der Waals surface area contributed by atoms with E-state index in [0.29, 0.717) is 30.4 Å². The standard InChI is InChI=1S/C23H21BrN2O7/c24-16-9-5-15(6-10-16)21(29)19-20(14-7-11-17(12-8-14)26(32)33)25(23(31)22(19)30)13-3-1-2-4-18(27)28/h5-12,20,29H,1-4,13H2,(H,27,28)/b21-19-. The van der Waals surface area contributed by atoms with E-state index in [4.69, 9.17) is 5.11 Å². The van der Waals surface area contributed by atoms with Gasteiger partial charge in [0.1, 0.15) is 5.76 Å². The first kappa shape index (κ1) is 24.1. The predicted molar refractivity (Wildman–Crippen MR) is 122 cm³/mol. The van der Waals surface area contributed by atoms with Crippen molar-refractivity contribution in [1.29, 1.82) is 0 Å². The van der Waals surface area contributed by atoms with Gasteiger partial charge in [-0.1, -0.05) is 34.5 Å². The zero-order chi connectivity index (χ0) is 24.1. The first-order valence-electron chi connectivity index (χ1n) is 10.2. The van der Waals surface area contributed by atoms with Gasteiger partial charge in [-0.15, -0.1) is 0 Å². The number of carboxylic acid groups (broad SMARTS) is 1. The van der Waals surface area contributed by atoms with E-state index < -0.39 is 28.6 Å². The molecule has 0 spiro atoms. The third-order valence-corrected chi connectivity index (χ3v) is 5.90. The molecule has 10 heteroatoms. The number of aliphatic hydroxyl groups is 1. The fourth-order valence-electron chi connectivity index (χ4n) is 3.73. The lowest BCUT2D eigenvalue weighted by Crippen LogP contribution is -2.30. The molecule has 0 aliphatic carbocycles. The summed E-state index contributed by atoms with van der Waals surface area (Å²) >= 11 is 3.31. The molecule has 9 nitrogen and oxygen atoms in total. The van der Waals surface area contributed by atoms with Crippen molar-refractivity contribution >= 4 is 45.0 Å². The van der Waals surface area contributed by atoms with E-state index in [1.54, 1.807) is 24.3 Å². The molecule has 1 aliphatic heterocycles. The average molecular weight is 517 g/mol. The minimum absolute atomic E-state index is 0.00810. The molecule has 0 aromatic heterocycles. The molecular weight excluding hydrogens is 496 g/mol. The molecule has 2 aromatic carbocycles. The summed E-state index contributed by atoms with van der Waals surface area (Å²) in [4.78, 5) is 48.3. The van der Waals surface area contributed by atoms with Crippen molar-refractivity contribution in [2.45, 2.75) is 31.7 Å². The fourth-order valence-corrected chi connectivity index (χ4v) is 4.00. The highest BCUT2D eigenvalue weighted by Crippen LogP contribution is 2.40. The number of hydrogen-bond donors (Lipinski definition) is 2. The van der Waals surface area contributed by atoms with Gasteiger partial charge in [0.05, 0.1) is 16.5 Å². The number of halogens is 1. The van der Waals surface area contributed by atoms with Gasteiger partial charge in [-0.2, -0.15) is 0 Å². The number of nitrogens with zero attached hydrogens (tertiary/aromatic N) is 2. The topological polar surface area (TPSA) is 138 Å². The summed E-state index contributed by atoms with van der Waals surface area (Å²) in [5, 5.41) is 30.8. The quantitative estimate of drug-likeness (QED) is 0.125. The average Bonchev–Trinajstić information content (AvgIpc) is 3.03. The number of likely N-dealkylation sites (tertiary alicyclic amines) is 1. The molecule has 2 N–H and O–H groups in total. The van der Waals surface area contributed by atoms with Crippen molar-refractivity contribution in [3.05, 3.63) is 79.8 Å². The Balaban J connectivity index is 1.99. The number of nitro benzene ring substituents is 1. The van der Waals surface area contributed by atoms with Gasteiger partial charge in [0.25, 0.3) is 17.4 Å². The van der Waals surface area contributed by atoms with Gasteiger partial charge in [0.2, 0.25) is 0 Å². The van der Waals surface area contributed by atoms with E-state index in [0.717, 1.165) is 4.47 Å². The second-order valence-corrected chi connectivity index (χ2v) is 8.47. The highest BCUT2D eigenvalue weighted by atomic mass is 79.9. The highest BCUT2D eigenvalue weighted by molar-refractivity contribution is 9.10. The van der Waals surface area contributed by atoms with Crippen LogP contribution in [0.2, 0.25) is 0 Å². The van der Waals surface area contributed by atoms with Crippen LogP contribution in [0.25, 0.3) is 5.76 Å². The molecule has 2 aromatic rings. The molecular formula is C23H21BrN2O7. The van der Waals surface area contributed by atoms with E-state index in [2.05, 4.69) is 15.9 Å². The molecule has 0 radical (unpaired) electrons. The normalized spacial score (nSPS) is 17.4. The van der Waals surface area contributed by atoms with Crippen molar-refractivity contribution in [2.75, 3.05) is 6.54 Å². The number of hydrogen-bond acceptors (Lipinski definition) is 6. The lowest BCUT2D eigenvalue weighted by molar-refractivity contribution is -0.384. The van der Waals surface area contributed by atoms with Crippen LogP contribution < -0.4 is 0 Å². The van der Waals surface area contributed by atoms with Crippen LogP contribution in [-0.2, 0) is 14.4 Å². The number of non-ortho nitro benzene ring substituents is 1. The summed E-state index contributed by atoms with van der Waals surface area (Å²) in [6.45, 7) is 0.170. The molecule has 33 heavy (non-hydrogen) atoms. The van der Waals surface area contributed by atoms with Gasteiger partial charge >= 0.3 is 5.97 Å². The summed E-state index contributed by atoms with van der Waals surface area (Å²) in [5.74, 6) is -2.87. The first-order valence-corrected chi connectivity index (χ1v) is 11.0. The minimum atomic E-state index is -0.922. The van der Waals surface area contributed by atoms with Crippen LogP contribution >= 0.6 is 15.9 Å². The van der Waals surface area contributed by atoms with Crippen LogP contribution in [0.3, 0.4) is 0 Å². The van der Waals surface area contributed by atoms with E-state index in [1.165, 1.54) is 29.2 Å². The lowest BCUT2D eigenvalue weighted by Gasteiger charge is -2.25. The number of aliphatic carboxylic acids is 1. The summed E-state index contributed by atoms with van der Waals surface area (Å²) in [7, 11) is 0. The Labute approximate surface area is 197 Å². The Bertz CT molecular complexity index is 1110. The van der Waals surface area contributed by atoms with Crippen molar-refractivity contribution in [1.82, 2.24) is 4.90 Å². The molecule has 1 heterocycles. The van der Waals surface area contributed by atoms with Gasteiger partial charge in [-0.05, 0) is 42.7 Å². The molecule has 172 valence electrons. The zero-order valence-electron chi connectivity index (χ0n) is 17.4. The molecule has 1 amide bonds. The second-order valence-electron chi connectivity index (χ2n) is 7.55. The fraction of sp³-hybridized carbons (Fsp3) is 0.261. The SMILES string of the molecule is O=C(O)CCCCCN1C(=O)C(=O)/C(=C(\O)c2ccc(Br)cc2)C1c1ccc([N+](=O)[O-])cc1. The van der Waals surface area contributed by atoms with Gasteiger partial charge < -0.3 is 15.1 Å². The van der Waals surface area contributed by atoms with Crippen molar-refractivity contribution in [3.8, 4) is 0 Å². The number of amides is 1. The third-order valence-electron chi connectivity index (χ3n) is 5.37. The molecule has 1 unspecified atom stereocenters. The predicted octanol–water partition coefficient (Wildman–Crippen LogP) is 4.42. The van der Waals surface area contributed by atoms with E-state index in [-0.39, 0.29) is 30.0 Å². The maximum Gasteiger partial charge on any atom is 0.303 e. The van der Waals surface area contributed by atoms with Crippen LogP contribution in [0.15, 0.2) is 58.6 Å². The van der Waals surface area contributed by atoms with Crippen LogP contribution in [0, 0.1) is 10.1 Å². The lowest BCUT2D eigenvalue weighted by atomic mass is 9.95. The van der Waals surface area contributed by atoms with Crippen LogP contribution in [0.4, 0.5) is 5.69 Å². The van der Waals surface area contributed by atoms with Gasteiger partial charge in [0.15, 0.2) is 0 Å². The van der Waals surface area contributed by atoms with E-state index in [1.807, 2.05) is 0 Å². The van der Waals surface area contributed by atoms with Gasteiger partial charge in [-0.25, -0.2) is 0 Å². The molecule has 1 aliphatic rings. The smallest absolute Gasteiger partial charge is 0.303 e. The Hall–Kier alpha value is -3.53. The number of Topliss-reactive ketones (excluding diaryl/α,β-unsaturated/α-hetero) is 1. The number of rotatable bonds is 9. The Morgan fingerprint density at radius 2 is 1.64 bits per heavy atom. The van der Waals surface area contributed by atoms with Crippen molar-refractivity contribution < 1.29 is 29.5 Å². The summed E-state index contributed by atoms with van der Waals surface area (Å²) in [6.07, 6.45) is 1.44. The number of carboxylic acids is 1. The summed E-state index contributed by atoms with van der Waals surface area (Å²) < 4.78 is 0.771. The number of carbonyl (C=O) groups is 3. The van der Waals surface area contributed by atoms with E-state index in [9.17, 15) is 29.6 Å². The molecule has 0 bridgehead atoms. The first-order chi connectivity index (χ1) is 15.7. The summed E-state index contributed by atoms with van der Waals surface area (Å²) in [6, 6.07) is 11.1. The third kappa shape index (κ3) is 5.46. The largest absolute Gasteiger partial charge is 0.507 e. The Kier molecular flexibility index (Phi) is 7.59. The number of carbonyl (C=O) groups excluding carboxylic acids is 2. The zero-order valence-corrected chi connectivity index (χ0v) is 19.0. The van der Waals surface area contributed by atoms with Crippen LogP contribution in [-0.4, -0.2) is 44.2 Å². The Morgan fingerprint density at radius 3 is 2.21 bits per heavy atom. The highest BCUT2D eigenvalue weighted by Gasteiger charge is 2.45. The number of aliphatic hydroxyl groups excluding tert-OH is 1. The van der Waals surface area contributed by atoms with Crippen LogP contribution in [0.5, 0.6) is 0 Å². The Morgan fingerprint density at radius 1 is 1.00 bits per heavy atom.